The summed E-state index contributed by atoms with van der Waals surface area (Å²) < 4.78 is 0. The number of hydrogen-bond acceptors (Lipinski definition) is 4. The molecule has 0 saturated carbocycles. The SMILES string of the molecule is CCC(CO)c1nc(-c2cccnc2)cs1. The van der Waals surface area contributed by atoms with Crippen molar-refractivity contribution >= 4 is 11.3 Å². The highest BCUT2D eigenvalue weighted by Gasteiger charge is 2.13. The molecule has 1 unspecified atom stereocenters. The van der Waals surface area contributed by atoms with E-state index in [1.165, 1.54) is 0 Å². The van der Waals surface area contributed by atoms with Crippen LogP contribution in [0, 0.1) is 0 Å². The van der Waals surface area contributed by atoms with Crippen LogP contribution in [-0.4, -0.2) is 21.7 Å². The van der Waals surface area contributed by atoms with Gasteiger partial charge in [0.1, 0.15) is 0 Å². The topological polar surface area (TPSA) is 46.0 Å². The summed E-state index contributed by atoms with van der Waals surface area (Å²) >= 11 is 1.60. The predicted octanol–water partition coefficient (Wildman–Crippen LogP) is 2.69. The third kappa shape index (κ3) is 2.28. The Balaban J connectivity index is 2.26. The van der Waals surface area contributed by atoms with Crippen molar-refractivity contribution in [2.45, 2.75) is 19.3 Å². The van der Waals surface area contributed by atoms with Crippen molar-refractivity contribution in [2.75, 3.05) is 6.61 Å². The maximum atomic E-state index is 9.21. The molecule has 2 rings (SSSR count). The summed E-state index contributed by atoms with van der Waals surface area (Å²) in [4.78, 5) is 8.61. The summed E-state index contributed by atoms with van der Waals surface area (Å²) in [5.74, 6) is 0.162. The zero-order valence-corrected chi connectivity index (χ0v) is 9.94. The quantitative estimate of drug-likeness (QED) is 0.884. The molecule has 0 aliphatic heterocycles. The monoisotopic (exact) mass is 234 g/mol. The fourth-order valence-corrected chi connectivity index (χ4v) is 2.51. The Kier molecular flexibility index (Phi) is 3.64. The summed E-state index contributed by atoms with van der Waals surface area (Å²) in [5, 5.41) is 12.2. The van der Waals surface area contributed by atoms with E-state index in [1.807, 2.05) is 17.5 Å². The summed E-state index contributed by atoms with van der Waals surface area (Å²) in [6.07, 6.45) is 4.47. The number of aliphatic hydroxyl groups excluding tert-OH is 1. The van der Waals surface area contributed by atoms with Crippen LogP contribution in [-0.2, 0) is 0 Å². The van der Waals surface area contributed by atoms with E-state index in [4.69, 9.17) is 0 Å². The van der Waals surface area contributed by atoms with Gasteiger partial charge in [-0.3, -0.25) is 4.98 Å². The highest BCUT2D eigenvalue weighted by Crippen LogP contribution is 2.27. The van der Waals surface area contributed by atoms with Crippen molar-refractivity contribution in [2.24, 2.45) is 0 Å². The molecule has 1 N–H and O–H groups in total. The fraction of sp³-hybridized carbons (Fsp3) is 0.333. The van der Waals surface area contributed by atoms with E-state index in [1.54, 1.807) is 23.7 Å². The second kappa shape index (κ2) is 5.18. The molecule has 0 radical (unpaired) electrons. The van der Waals surface area contributed by atoms with Crippen molar-refractivity contribution in [1.82, 2.24) is 9.97 Å². The van der Waals surface area contributed by atoms with Crippen LogP contribution in [0.3, 0.4) is 0 Å². The van der Waals surface area contributed by atoms with E-state index in [2.05, 4.69) is 16.9 Å². The van der Waals surface area contributed by atoms with Gasteiger partial charge in [0, 0.05) is 29.3 Å². The first-order valence-electron chi connectivity index (χ1n) is 5.31. The number of hydrogen-bond donors (Lipinski definition) is 1. The van der Waals surface area contributed by atoms with E-state index in [9.17, 15) is 5.11 Å². The smallest absolute Gasteiger partial charge is 0.0986 e. The first-order valence-corrected chi connectivity index (χ1v) is 6.19. The number of rotatable bonds is 4. The van der Waals surface area contributed by atoms with E-state index in [-0.39, 0.29) is 12.5 Å². The van der Waals surface area contributed by atoms with E-state index in [0.29, 0.717) is 0 Å². The normalized spacial score (nSPS) is 12.6. The van der Waals surface area contributed by atoms with Gasteiger partial charge >= 0.3 is 0 Å². The molecule has 2 heterocycles. The Bertz CT molecular complexity index is 437. The van der Waals surface area contributed by atoms with Crippen molar-refractivity contribution in [3.05, 3.63) is 34.9 Å². The van der Waals surface area contributed by atoms with Gasteiger partial charge in [0.05, 0.1) is 17.3 Å². The first-order chi connectivity index (χ1) is 7.85. The summed E-state index contributed by atoms with van der Waals surface area (Å²) in [6.45, 7) is 2.22. The lowest BCUT2D eigenvalue weighted by Crippen LogP contribution is -2.01. The molecule has 0 spiro atoms. The van der Waals surface area contributed by atoms with Crippen LogP contribution >= 0.6 is 11.3 Å². The number of thiazole rings is 1. The Labute approximate surface area is 98.8 Å². The van der Waals surface area contributed by atoms with Gasteiger partial charge < -0.3 is 5.11 Å². The molecule has 0 amide bonds. The number of aromatic nitrogens is 2. The Morgan fingerprint density at radius 1 is 1.50 bits per heavy atom. The molecule has 0 aromatic carbocycles. The standard InChI is InChI=1S/C12H14N2OS/c1-2-9(7-15)12-14-11(8-16-12)10-4-3-5-13-6-10/h3-6,8-9,15H,2,7H2,1H3. The first kappa shape index (κ1) is 11.2. The van der Waals surface area contributed by atoms with Crippen LogP contribution in [0.2, 0.25) is 0 Å². The summed E-state index contributed by atoms with van der Waals surface area (Å²) in [5.41, 5.74) is 1.97. The summed E-state index contributed by atoms with van der Waals surface area (Å²) in [6, 6.07) is 3.89. The molecule has 0 aliphatic rings. The second-order valence-electron chi connectivity index (χ2n) is 3.60. The Morgan fingerprint density at radius 3 is 3.00 bits per heavy atom. The number of nitrogens with zero attached hydrogens (tertiary/aromatic N) is 2. The minimum atomic E-state index is 0.162. The van der Waals surface area contributed by atoms with Crippen LogP contribution in [0.4, 0.5) is 0 Å². The van der Waals surface area contributed by atoms with Crippen LogP contribution in [0.5, 0.6) is 0 Å². The maximum Gasteiger partial charge on any atom is 0.0986 e. The molecule has 2 aromatic heterocycles. The van der Waals surface area contributed by atoms with Gasteiger partial charge in [-0.15, -0.1) is 11.3 Å². The van der Waals surface area contributed by atoms with Crippen molar-refractivity contribution < 1.29 is 5.11 Å². The zero-order chi connectivity index (χ0) is 11.4. The fourth-order valence-electron chi connectivity index (χ4n) is 1.50. The molecule has 4 heteroatoms. The van der Waals surface area contributed by atoms with Crippen LogP contribution in [0.25, 0.3) is 11.3 Å². The molecule has 0 saturated heterocycles. The molecule has 3 nitrogen and oxygen atoms in total. The van der Waals surface area contributed by atoms with Gasteiger partial charge in [0.2, 0.25) is 0 Å². The largest absolute Gasteiger partial charge is 0.396 e. The van der Waals surface area contributed by atoms with Crippen molar-refractivity contribution in [3.63, 3.8) is 0 Å². The van der Waals surface area contributed by atoms with Crippen LogP contribution in [0.15, 0.2) is 29.9 Å². The lowest BCUT2D eigenvalue weighted by Gasteiger charge is -2.06. The molecule has 1 atom stereocenters. The minimum absolute atomic E-state index is 0.162. The van der Waals surface area contributed by atoms with Gasteiger partial charge in [0.15, 0.2) is 0 Å². The zero-order valence-electron chi connectivity index (χ0n) is 9.13. The molecule has 2 aromatic rings. The molecule has 0 fully saturated rings. The predicted molar refractivity (Wildman–Crippen MR) is 65.5 cm³/mol. The van der Waals surface area contributed by atoms with Crippen LogP contribution < -0.4 is 0 Å². The van der Waals surface area contributed by atoms with Crippen molar-refractivity contribution in [1.29, 1.82) is 0 Å². The lowest BCUT2D eigenvalue weighted by atomic mass is 10.1. The molecule has 0 bridgehead atoms. The molecule has 16 heavy (non-hydrogen) atoms. The van der Waals surface area contributed by atoms with Gasteiger partial charge in [-0.1, -0.05) is 6.92 Å². The van der Waals surface area contributed by atoms with E-state index >= 15 is 0 Å². The van der Waals surface area contributed by atoms with E-state index in [0.717, 1.165) is 22.7 Å². The second-order valence-corrected chi connectivity index (χ2v) is 4.49. The lowest BCUT2D eigenvalue weighted by molar-refractivity contribution is 0.262. The van der Waals surface area contributed by atoms with Gasteiger partial charge in [-0.2, -0.15) is 0 Å². The summed E-state index contributed by atoms with van der Waals surface area (Å²) in [7, 11) is 0. The van der Waals surface area contributed by atoms with Crippen LogP contribution in [0.1, 0.15) is 24.3 Å². The van der Waals surface area contributed by atoms with Gasteiger partial charge in [-0.25, -0.2) is 4.98 Å². The third-order valence-electron chi connectivity index (χ3n) is 2.54. The average molecular weight is 234 g/mol. The average Bonchev–Trinajstić information content (AvgIpc) is 2.81. The number of aliphatic hydroxyl groups is 1. The van der Waals surface area contributed by atoms with Gasteiger partial charge in [0.25, 0.3) is 0 Å². The third-order valence-corrected chi connectivity index (χ3v) is 3.55. The Hall–Kier alpha value is -1.26. The molecule has 84 valence electrons. The van der Waals surface area contributed by atoms with Gasteiger partial charge in [-0.05, 0) is 18.6 Å². The molecular formula is C12H14N2OS. The minimum Gasteiger partial charge on any atom is -0.396 e. The van der Waals surface area contributed by atoms with Crippen molar-refractivity contribution in [3.8, 4) is 11.3 Å². The highest BCUT2D eigenvalue weighted by atomic mass is 32.1. The molecule has 0 aliphatic carbocycles. The highest BCUT2D eigenvalue weighted by molar-refractivity contribution is 7.10. The number of pyridine rings is 1. The maximum absolute atomic E-state index is 9.21. The molecular weight excluding hydrogens is 220 g/mol. The van der Waals surface area contributed by atoms with E-state index < -0.39 is 0 Å². The Morgan fingerprint density at radius 2 is 2.38 bits per heavy atom.